The van der Waals surface area contributed by atoms with E-state index in [9.17, 15) is 17.6 Å². The highest BCUT2D eigenvalue weighted by Crippen LogP contribution is 2.21. The van der Waals surface area contributed by atoms with Crippen molar-refractivity contribution in [3.8, 4) is 0 Å². The fraction of sp³-hybridized carbons (Fsp3) is 0.533. The third-order valence-electron chi connectivity index (χ3n) is 3.78. The molecule has 1 aliphatic rings. The average Bonchev–Trinajstić information content (AvgIpc) is 2.45. The zero-order valence-electron chi connectivity index (χ0n) is 12.1. The van der Waals surface area contributed by atoms with Crippen molar-refractivity contribution in [1.29, 1.82) is 0 Å². The van der Waals surface area contributed by atoms with Crippen LogP contribution in [0.2, 0.25) is 0 Å². The molecule has 4 nitrogen and oxygen atoms in total. The van der Waals surface area contributed by atoms with Crippen molar-refractivity contribution in [2.75, 3.05) is 31.6 Å². The first kappa shape index (κ1) is 16.1. The minimum Gasteiger partial charge on any atom is -0.302 e. The highest BCUT2D eigenvalue weighted by molar-refractivity contribution is 7.90. The summed E-state index contributed by atoms with van der Waals surface area (Å²) in [6.07, 6.45) is 2.89. The minimum absolute atomic E-state index is 0.0130. The summed E-state index contributed by atoms with van der Waals surface area (Å²) in [4.78, 5) is 14.4. The molecule has 116 valence electrons. The molecule has 1 aromatic carbocycles. The number of nitrogens with zero attached hydrogens (tertiary/aromatic N) is 1. The number of hydrogen-bond acceptors (Lipinski definition) is 4. The smallest absolute Gasteiger partial charge is 0.167 e. The maximum Gasteiger partial charge on any atom is 0.167 e. The van der Waals surface area contributed by atoms with Gasteiger partial charge in [-0.3, -0.25) is 4.79 Å². The highest BCUT2D eigenvalue weighted by atomic mass is 32.2. The lowest BCUT2D eigenvalue weighted by molar-refractivity contribution is 0.0826. The third-order valence-corrected chi connectivity index (χ3v) is 4.71. The van der Waals surface area contributed by atoms with Crippen LogP contribution in [0.5, 0.6) is 0 Å². The van der Waals surface area contributed by atoms with Crippen molar-refractivity contribution in [2.45, 2.75) is 12.8 Å². The van der Waals surface area contributed by atoms with Crippen molar-refractivity contribution < 1.29 is 17.6 Å². The van der Waals surface area contributed by atoms with Gasteiger partial charge >= 0.3 is 0 Å². The van der Waals surface area contributed by atoms with Crippen LogP contribution in [-0.2, 0) is 9.84 Å². The molecule has 2 rings (SSSR count). The van der Waals surface area contributed by atoms with E-state index >= 15 is 0 Å². The highest BCUT2D eigenvalue weighted by Gasteiger charge is 2.26. The Bertz CT molecular complexity index is 598. The van der Waals surface area contributed by atoms with E-state index in [0.29, 0.717) is 18.7 Å². The van der Waals surface area contributed by atoms with Gasteiger partial charge in [-0.05, 0) is 43.7 Å². The van der Waals surface area contributed by atoms with Crippen LogP contribution in [0.4, 0.5) is 4.39 Å². The maximum atomic E-state index is 12.9. The summed E-state index contributed by atoms with van der Waals surface area (Å²) in [6, 6.07) is 5.59. The summed E-state index contributed by atoms with van der Waals surface area (Å²) in [5, 5.41) is 0. The Morgan fingerprint density at radius 2 is 2.00 bits per heavy atom. The van der Waals surface area contributed by atoms with Crippen LogP contribution in [0.1, 0.15) is 23.2 Å². The SMILES string of the molecule is CS(=O)(=O)CCN1CCCC(C(=O)c2ccc(F)cc2)C1. The molecule has 0 aromatic heterocycles. The second-order valence-electron chi connectivity index (χ2n) is 5.64. The molecule has 1 heterocycles. The molecule has 1 aliphatic heterocycles. The van der Waals surface area contributed by atoms with Gasteiger partial charge in [-0.25, -0.2) is 12.8 Å². The van der Waals surface area contributed by atoms with Crippen molar-refractivity contribution in [3.05, 3.63) is 35.6 Å². The topological polar surface area (TPSA) is 54.5 Å². The monoisotopic (exact) mass is 313 g/mol. The molecule has 0 N–H and O–H groups in total. The van der Waals surface area contributed by atoms with Crippen LogP contribution in [0.25, 0.3) is 0 Å². The molecule has 0 amide bonds. The Kier molecular flexibility index (Phi) is 5.11. The predicted octanol–water partition coefficient (Wildman–Crippen LogP) is 1.77. The van der Waals surface area contributed by atoms with E-state index in [-0.39, 0.29) is 23.3 Å². The van der Waals surface area contributed by atoms with Crippen LogP contribution in [0.3, 0.4) is 0 Å². The van der Waals surface area contributed by atoms with Crippen molar-refractivity contribution in [2.24, 2.45) is 5.92 Å². The number of rotatable bonds is 5. The molecule has 6 heteroatoms. The molecule has 1 unspecified atom stereocenters. The summed E-state index contributed by atoms with van der Waals surface area (Å²) < 4.78 is 35.3. The van der Waals surface area contributed by atoms with Gasteiger partial charge in [0.05, 0.1) is 5.75 Å². The Balaban J connectivity index is 1.97. The van der Waals surface area contributed by atoms with E-state index in [1.807, 2.05) is 4.90 Å². The van der Waals surface area contributed by atoms with E-state index in [1.54, 1.807) is 0 Å². The Hall–Kier alpha value is -1.27. The molecule has 0 spiro atoms. The first-order valence-electron chi connectivity index (χ1n) is 7.05. The van der Waals surface area contributed by atoms with Crippen LogP contribution >= 0.6 is 0 Å². The number of carbonyl (C=O) groups excluding carboxylic acids is 1. The van der Waals surface area contributed by atoms with Crippen molar-refractivity contribution in [1.82, 2.24) is 4.90 Å². The van der Waals surface area contributed by atoms with Crippen LogP contribution in [-0.4, -0.2) is 50.7 Å². The zero-order chi connectivity index (χ0) is 15.5. The molecular weight excluding hydrogens is 293 g/mol. The lowest BCUT2D eigenvalue weighted by atomic mass is 9.90. The fourth-order valence-electron chi connectivity index (χ4n) is 2.62. The van der Waals surface area contributed by atoms with Crippen molar-refractivity contribution in [3.63, 3.8) is 0 Å². The lowest BCUT2D eigenvalue weighted by Crippen LogP contribution is -2.40. The molecule has 1 aromatic rings. The van der Waals surface area contributed by atoms with Crippen LogP contribution in [0.15, 0.2) is 24.3 Å². The van der Waals surface area contributed by atoms with E-state index in [2.05, 4.69) is 0 Å². The second kappa shape index (κ2) is 6.66. The summed E-state index contributed by atoms with van der Waals surface area (Å²) >= 11 is 0. The van der Waals surface area contributed by atoms with Crippen LogP contribution < -0.4 is 0 Å². The summed E-state index contributed by atoms with van der Waals surface area (Å²) in [5.41, 5.74) is 0.520. The quantitative estimate of drug-likeness (QED) is 0.777. The number of carbonyl (C=O) groups is 1. The molecule has 0 aliphatic carbocycles. The summed E-state index contributed by atoms with van der Waals surface area (Å²) in [7, 11) is -2.99. The second-order valence-corrected chi connectivity index (χ2v) is 7.90. The minimum atomic E-state index is -2.99. The first-order valence-corrected chi connectivity index (χ1v) is 9.11. The number of benzene rings is 1. The maximum absolute atomic E-state index is 12.9. The largest absolute Gasteiger partial charge is 0.302 e. The first-order chi connectivity index (χ1) is 9.85. The average molecular weight is 313 g/mol. The van der Waals surface area contributed by atoms with Crippen LogP contribution in [0, 0.1) is 11.7 Å². The van der Waals surface area contributed by atoms with Gasteiger partial charge in [-0.1, -0.05) is 0 Å². The number of sulfone groups is 1. The van der Waals surface area contributed by atoms with Gasteiger partial charge in [0, 0.05) is 30.8 Å². The molecule has 0 saturated carbocycles. The number of Topliss-reactive ketones (excluding diaryl/α,β-unsaturated/α-hetero) is 1. The van der Waals surface area contributed by atoms with Gasteiger partial charge in [0.2, 0.25) is 0 Å². The van der Waals surface area contributed by atoms with Gasteiger partial charge in [0.1, 0.15) is 15.7 Å². The number of hydrogen-bond donors (Lipinski definition) is 0. The zero-order valence-corrected chi connectivity index (χ0v) is 12.9. The van der Waals surface area contributed by atoms with E-state index in [0.717, 1.165) is 19.4 Å². The fourth-order valence-corrected chi connectivity index (χ4v) is 3.21. The van der Waals surface area contributed by atoms with E-state index in [1.165, 1.54) is 30.5 Å². The molecule has 1 fully saturated rings. The number of ketones is 1. The molecular formula is C15H20FNO3S. The van der Waals surface area contributed by atoms with Gasteiger partial charge in [-0.2, -0.15) is 0 Å². The molecule has 21 heavy (non-hydrogen) atoms. The van der Waals surface area contributed by atoms with Gasteiger partial charge in [0.25, 0.3) is 0 Å². The van der Waals surface area contributed by atoms with Gasteiger partial charge in [0.15, 0.2) is 5.78 Å². The molecule has 0 bridgehead atoms. The van der Waals surface area contributed by atoms with Gasteiger partial charge < -0.3 is 4.90 Å². The lowest BCUT2D eigenvalue weighted by Gasteiger charge is -2.31. The van der Waals surface area contributed by atoms with E-state index < -0.39 is 9.84 Å². The number of halogens is 1. The van der Waals surface area contributed by atoms with Crippen molar-refractivity contribution >= 4 is 15.6 Å². The van der Waals surface area contributed by atoms with E-state index in [4.69, 9.17) is 0 Å². The Morgan fingerprint density at radius 1 is 1.33 bits per heavy atom. The summed E-state index contributed by atoms with van der Waals surface area (Å²) in [5.74, 6) is -0.363. The molecule has 1 atom stereocenters. The summed E-state index contributed by atoms with van der Waals surface area (Å²) in [6.45, 7) is 1.86. The molecule has 1 saturated heterocycles. The normalized spacial score (nSPS) is 20.4. The standard InChI is InChI=1S/C15H20FNO3S/c1-21(19,20)10-9-17-8-2-3-13(11-17)15(18)12-4-6-14(16)7-5-12/h4-7,13H,2-3,8-11H2,1H3. The Morgan fingerprint density at radius 3 is 2.62 bits per heavy atom. The third kappa shape index (κ3) is 4.89. The predicted molar refractivity (Wildman–Crippen MR) is 79.6 cm³/mol. The number of likely N-dealkylation sites (tertiary alicyclic amines) is 1. The Labute approximate surface area is 124 Å². The van der Waals surface area contributed by atoms with Gasteiger partial charge in [-0.15, -0.1) is 0 Å². The molecule has 0 radical (unpaired) electrons. The number of piperidine rings is 1.